The van der Waals surface area contributed by atoms with Crippen molar-refractivity contribution >= 4 is 29.6 Å². The van der Waals surface area contributed by atoms with E-state index >= 15 is 0 Å². The van der Waals surface area contributed by atoms with Crippen LogP contribution in [0.2, 0.25) is 0 Å². The second-order valence-electron chi connectivity index (χ2n) is 10.3. The standard InChI is InChI=1S/C26H28F2N4O5/c1-25(2,3)37-24(36)32(13-15-7-18(27)10-19(28)8-15)14-21(33)29-20-6-5-16-11-26(12-17(16)9-20)22(34)30-23(35)31(26)4/h5-10H,11-14H2,1-4H3,(H,29,33)(H,30,34,35)/t26-/m0/s1. The third kappa shape index (κ3) is 5.55. The predicted molar refractivity (Wildman–Crippen MR) is 130 cm³/mol. The van der Waals surface area contributed by atoms with Gasteiger partial charge in [0.2, 0.25) is 5.91 Å². The van der Waals surface area contributed by atoms with E-state index in [-0.39, 0.29) is 18.0 Å². The highest BCUT2D eigenvalue weighted by Gasteiger charge is 2.54. The van der Waals surface area contributed by atoms with E-state index in [1.807, 2.05) is 0 Å². The minimum atomic E-state index is -0.990. The van der Waals surface area contributed by atoms with Crippen LogP contribution in [0.4, 0.5) is 24.1 Å². The van der Waals surface area contributed by atoms with Crippen LogP contribution in [0.15, 0.2) is 36.4 Å². The molecular formula is C26H28F2N4O5. The van der Waals surface area contributed by atoms with Gasteiger partial charge in [0, 0.05) is 38.2 Å². The summed E-state index contributed by atoms with van der Waals surface area (Å²) in [5.74, 6) is -2.52. The molecule has 1 saturated heterocycles. The van der Waals surface area contributed by atoms with Crippen LogP contribution in [-0.2, 0) is 33.7 Å². The summed E-state index contributed by atoms with van der Waals surface area (Å²) in [4.78, 5) is 52.6. The summed E-state index contributed by atoms with van der Waals surface area (Å²) >= 11 is 0. The van der Waals surface area contributed by atoms with Crippen molar-refractivity contribution < 1.29 is 32.7 Å². The molecule has 0 unspecified atom stereocenters. The Morgan fingerprint density at radius 3 is 2.32 bits per heavy atom. The fourth-order valence-corrected chi connectivity index (χ4v) is 4.58. The number of carbonyl (C=O) groups excluding carboxylic acids is 4. The minimum absolute atomic E-state index is 0.160. The number of rotatable bonds is 5. The number of urea groups is 1. The number of nitrogens with zero attached hydrogens (tertiary/aromatic N) is 2. The van der Waals surface area contributed by atoms with E-state index in [1.165, 1.54) is 4.90 Å². The quantitative estimate of drug-likeness (QED) is 0.595. The molecule has 1 aliphatic carbocycles. The fraction of sp³-hybridized carbons (Fsp3) is 0.385. The van der Waals surface area contributed by atoms with Crippen LogP contribution in [-0.4, -0.2) is 58.5 Å². The Morgan fingerprint density at radius 1 is 1.08 bits per heavy atom. The molecule has 0 bridgehead atoms. The molecule has 0 saturated carbocycles. The Bertz CT molecular complexity index is 1270. The monoisotopic (exact) mass is 514 g/mol. The van der Waals surface area contributed by atoms with Gasteiger partial charge >= 0.3 is 12.1 Å². The highest BCUT2D eigenvalue weighted by atomic mass is 19.1. The SMILES string of the molecule is CN1C(=O)NC(=O)[C@@]12Cc1ccc(NC(=O)CN(Cc3cc(F)cc(F)c3)C(=O)OC(C)(C)C)cc1C2. The molecule has 0 aromatic heterocycles. The summed E-state index contributed by atoms with van der Waals surface area (Å²) in [5, 5.41) is 5.06. The zero-order valence-corrected chi connectivity index (χ0v) is 21.0. The molecule has 2 aromatic rings. The molecule has 1 spiro atoms. The summed E-state index contributed by atoms with van der Waals surface area (Å²) in [6, 6.07) is 7.60. The Balaban J connectivity index is 1.48. The van der Waals surface area contributed by atoms with Crippen molar-refractivity contribution in [3.8, 4) is 0 Å². The average Bonchev–Trinajstić information content (AvgIpc) is 3.24. The number of hydrogen-bond donors (Lipinski definition) is 2. The molecule has 0 radical (unpaired) electrons. The van der Waals surface area contributed by atoms with Gasteiger partial charge in [0.1, 0.15) is 29.3 Å². The molecule has 2 aliphatic rings. The van der Waals surface area contributed by atoms with Crippen molar-refractivity contribution in [3.63, 3.8) is 0 Å². The molecule has 1 fully saturated rings. The van der Waals surface area contributed by atoms with Gasteiger partial charge in [-0.1, -0.05) is 6.07 Å². The van der Waals surface area contributed by atoms with Gasteiger partial charge in [-0.15, -0.1) is 0 Å². The first-order valence-corrected chi connectivity index (χ1v) is 11.7. The maximum Gasteiger partial charge on any atom is 0.411 e. The van der Waals surface area contributed by atoms with Gasteiger partial charge in [-0.2, -0.15) is 0 Å². The number of halogens is 2. The maximum absolute atomic E-state index is 13.7. The van der Waals surface area contributed by atoms with Crippen LogP contribution >= 0.6 is 0 Å². The van der Waals surface area contributed by atoms with Crippen LogP contribution < -0.4 is 10.6 Å². The van der Waals surface area contributed by atoms with E-state index < -0.39 is 47.4 Å². The van der Waals surface area contributed by atoms with Crippen LogP contribution in [0.25, 0.3) is 0 Å². The maximum atomic E-state index is 13.7. The van der Waals surface area contributed by atoms with Crippen LogP contribution in [0.5, 0.6) is 0 Å². The third-order valence-corrected chi connectivity index (χ3v) is 6.33. The molecule has 2 aromatic carbocycles. The van der Waals surface area contributed by atoms with Gasteiger partial charge < -0.3 is 15.0 Å². The fourth-order valence-electron chi connectivity index (χ4n) is 4.58. The molecular weight excluding hydrogens is 486 g/mol. The van der Waals surface area contributed by atoms with Gasteiger partial charge in [0.25, 0.3) is 5.91 Å². The molecule has 11 heteroatoms. The van der Waals surface area contributed by atoms with Crippen LogP contribution in [0.3, 0.4) is 0 Å². The second-order valence-corrected chi connectivity index (χ2v) is 10.3. The van der Waals surface area contributed by atoms with E-state index in [4.69, 9.17) is 4.74 Å². The van der Waals surface area contributed by atoms with Crippen molar-refractivity contribution in [3.05, 3.63) is 64.7 Å². The van der Waals surface area contributed by atoms with Gasteiger partial charge in [0.05, 0.1) is 0 Å². The van der Waals surface area contributed by atoms with Crippen LogP contribution in [0.1, 0.15) is 37.5 Å². The van der Waals surface area contributed by atoms with E-state index in [9.17, 15) is 28.0 Å². The number of fused-ring (bicyclic) bond motifs is 1. The number of nitrogens with one attached hydrogen (secondary N) is 2. The molecule has 1 aliphatic heterocycles. The summed E-state index contributed by atoms with van der Waals surface area (Å²) in [6.07, 6.45) is -0.153. The summed E-state index contributed by atoms with van der Waals surface area (Å²) in [7, 11) is 1.57. The lowest BCUT2D eigenvalue weighted by molar-refractivity contribution is -0.125. The molecule has 37 heavy (non-hydrogen) atoms. The predicted octanol–water partition coefficient (Wildman–Crippen LogP) is 3.36. The van der Waals surface area contributed by atoms with Crippen molar-refractivity contribution in [1.29, 1.82) is 0 Å². The zero-order valence-electron chi connectivity index (χ0n) is 21.0. The Morgan fingerprint density at radius 2 is 1.73 bits per heavy atom. The molecule has 5 amide bonds. The average molecular weight is 515 g/mol. The lowest BCUT2D eigenvalue weighted by Gasteiger charge is -2.27. The van der Waals surface area contributed by atoms with Gasteiger partial charge in [0.15, 0.2) is 0 Å². The summed E-state index contributed by atoms with van der Waals surface area (Å²) in [6.45, 7) is 4.31. The van der Waals surface area contributed by atoms with Crippen molar-refractivity contribution in [2.75, 3.05) is 18.9 Å². The van der Waals surface area contributed by atoms with E-state index in [1.54, 1.807) is 46.0 Å². The first-order chi connectivity index (χ1) is 17.3. The number of anilines is 1. The molecule has 2 N–H and O–H groups in total. The number of benzene rings is 2. The van der Waals surface area contributed by atoms with Crippen molar-refractivity contribution in [2.24, 2.45) is 0 Å². The largest absolute Gasteiger partial charge is 0.444 e. The lowest BCUT2D eigenvalue weighted by Crippen LogP contribution is -2.48. The highest BCUT2D eigenvalue weighted by Crippen LogP contribution is 2.38. The zero-order chi connectivity index (χ0) is 27.1. The Hall–Kier alpha value is -4.02. The highest BCUT2D eigenvalue weighted by molar-refractivity contribution is 6.07. The third-order valence-electron chi connectivity index (χ3n) is 6.33. The van der Waals surface area contributed by atoms with Crippen molar-refractivity contribution in [2.45, 2.75) is 51.3 Å². The van der Waals surface area contributed by atoms with E-state index in [0.717, 1.165) is 34.2 Å². The van der Waals surface area contributed by atoms with E-state index in [0.29, 0.717) is 18.5 Å². The molecule has 4 rings (SSSR count). The summed E-state index contributed by atoms with van der Waals surface area (Å²) < 4.78 is 32.8. The van der Waals surface area contributed by atoms with Gasteiger partial charge in [-0.3, -0.25) is 19.8 Å². The smallest absolute Gasteiger partial charge is 0.411 e. The number of hydrogen-bond acceptors (Lipinski definition) is 5. The second kappa shape index (κ2) is 9.45. The van der Waals surface area contributed by atoms with Crippen LogP contribution in [0, 0.1) is 11.6 Å². The topological polar surface area (TPSA) is 108 Å². The van der Waals surface area contributed by atoms with Gasteiger partial charge in [-0.25, -0.2) is 18.4 Å². The normalized spacial score (nSPS) is 18.6. The lowest BCUT2D eigenvalue weighted by atomic mass is 9.95. The minimum Gasteiger partial charge on any atom is -0.444 e. The number of amides is 5. The molecule has 1 atom stereocenters. The first-order valence-electron chi connectivity index (χ1n) is 11.7. The Kier molecular flexibility index (Phi) is 6.66. The number of ether oxygens (including phenoxy) is 1. The number of carbonyl (C=O) groups is 4. The Labute approximate surface area is 212 Å². The molecule has 9 nitrogen and oxygen atoms in total. The molecule has 196 valence electrons. The van der Waals surface area contributed by atoms with Crippen molar-refractivity contribution in [1.82, 2.24) is 15.1 Å². The van der Waals surface area contributed by atoms with Gasteiger partial charge in [-0.05, 0) is 61.7 Å². The molecule has 1 heterocycles. The van der Waals surface area contributed by atoms with E-state index in [2.05, 4.69) is 10.6 Å². The number of likely N-dealkylation sites (N-methyl/N-ethyl adjacent to an activating group) is 1. The first kappa shape index (κ1) is 26.1. The summed E-state index contributed by atoms with van der Waals surface area (Å²) in [5.41, 5.74) is 0.458. The number of imide groups is 1.